The third-order valence-electron chi connectivity index (χ3n) is 5.71. The quantitative estimate of drug-likeness (QED) is 0.545. The maximum Gasteiger partial charge on any atom is 0.261 e. The van der Waals surface area contributed by atoms with Gasteiger partial charge in [0.15, 0.2) is 0 Å². The monoisotopic (exact) mass is 475 g/mol. The average molecular weight is 476 g/mol. The molecule has 0 aliphatic carbocycles. The number of sulfonamides is 1. The minimum Gasteiger partial charge on any atom is -0.489 e. The number of hydrogen-bond acceptors (Lipinski definition) is 5. The molecule has 0 unspecified atom stereocenters. The molecule has 1 saturated heterocycles. The average Bonchev–Trinajstić information content (AvgIpc) is 2.88. The van der Waals surface area contributed by atoms with Gasteiger partial charge in [-0.1, -0.05) is 36.4 Å². The van der Waals surface area contributed by atoms with E-state index in [1.54, 1.807) is 41.3 Å². The van der Waals surface area contributed by atoms with Crippen molar-refractivity contribution in [1.29, 1.82) is 5.26 Å². The predicted octanol–water partition coefficient (Wildman–Crippen LogP) is 4.44. The fourth-order valence-corrected chi connectivity index (χ4v) is 4.87. The topological polar surface area (TPSA) is 99.5 Å². The summed E-state index contributed by atoms with van der Waals surface area (Å²) in [7, 11) is -3.89. The van der Waals surface area contributed by atoms with E-state index in [-0.39, 0.29) is 16.7 Å². The Kier molecular flexibility index (Phi) is 7.14. The molecule has 8 heteroatoms. The highest BCUT2D eigenvalue weighted by atomic mass is 32.2. The van der Waals surface area contributed by atoms with Crippen LogP contribution in [0, 0.1) is 17.2 Å². The molecule has 0 atom stereocenters. The molecule has 7 nitrogen and oxygen atoms in total. The van der Waals surface area contributed by atoms with E-state index in [1.165, 1.54) is 12.1 Å². The zero-order valence-corrected chi connectivity index (χ0v) is 19.4. The van der Waals surface area contributed by atoms with Gasteiger partial charge < -0.3 is 9.64 Å². The van der Waals surface area contributed by atoms with Crippen LogP contribution < -0.4 is 9.46 Å². The Morgan fingerprint density at radius 1 is 1.00 bits per heavy atom. The van der Waals surface area contributed by atoms with Crippen LogP contribution in [-0.4, -0.2) is 32.3 Å². The number of ether oxygens (including phenoxy) is 1. The Balaban J connectivity index is 1.40. The highest BCUT2D eigenvalue weighted by Gasteiger charge is 2.24. The predicted molar refractivity (Wildman–Crippen MR) is 129 cm³/mol. The number of likely N-dealkylation sites (tertiary alicyclic amines) is 1. The normalized spacial score (nSPS) is 14.3. The van der Waals surface area contributed by atoms with Crippen molar-refractivity contribution in [3.05, 3.63) is 90.0 Å². The minimum absolute atomic E-state index is 0.00895. The van der Waals surface area contributed by atoms with Gasteiger partial charge in [-0.25, -0.2) is 8.42 Å². The molecule has 174 valence electrons. The van der Waals surface area contributed by atoms with Gasteiger partial charge >= 0.3 is 0 Å². The molecular weight excluding hydrogens is 450 g/mol. The number of nitrogens with zero attached hydrogens (tertiary/aromatic N) is 2. The minimum atomic E-state index is -3.89. The van der Waals surface area contributed by atoms with Crippen molar-refractivity contribution in [2.24, 2.45) is 5.92 Å². The van der Waals surface area contributed by atoms with Gasteiger partial charge in [-0.05, 0) is 60.9 Å². The largest absolute Gasteiger partial charge is 0.489 e. The number of carbonyl (C=O) groups is 1. The van der Waals surface area contributed by atoms with Crippen LogP contribution in [0.1, 0.15) is 28.8 Å². The molecule has 0 radical (unpaired) electrons. The summed E-state index contributed by atoms with van der Waals surface area (Å²) in [5.41, 5.74) is 1.74. The molecule has 1 amide bonds. The maximum absolute atomic E-state index is 12.9. The molecule has 34 heavy (non-hydrogen) atoms. The number of carbonyl (C=O) groups excluding carboxylic acids is 1. The molecule has 0 saturated carbocycles. The lowest BCUT2D eigenvalue weighted by molar-refractivity contribution is 0.0707. The number of nitriles is 1. The van der Waals surface area contributed by atoms with Gasteiger partial charge in [-0.15, -0.1) is 0 Å². The Labute approximate surface area is 199 Å². The first-order valence-corrected chi connectivity index (χ1v) is 12.5. The maximum atomic E-state index is 12.9. The number of nitrogens with one attached hydrogen (secondary N) is 1. The van der Waals surface area contributed by atoms with Gasteiger partial charge in [-0.3, -0.25) is 9.52 Å². The van der Waals surface area contributed by atoms with Crippen molar-refractivity contribution in [2.45, 2.75) is 24.3 Å². The van der Waals surface area contributed by atoms with Crippen LogP contribution in [-0.2, 0) is 16.6 Å². The van der Waals surface area contributed by atoms with Gasteiger partial charge in [-0.2, -0.15) is 5.26 Å². The van der Waals surface area contributed by atoms with Crippen LogP contribution in [0.2, 0.25) is 0 Å². The Morgan fingerprint density at radius 2 is 1.71 bits per heavy atom. The first-order chi connectivity index (χ1) is 16.4. The van der Waals surface area contributed by atoms with Crippen molar-refractivity contribution in [1.82, 2.24) is 4.90 Å². The van der Waals surface area contributed by atoms with Crippen molar-refractivity contribution in [3.63, 3.8) is 0 Å². The molecule has 1 aliphatic rings. The molecule has 1 fully saturated rings. The summed E-state index contributed by atoms with van der Waals surface area (Å²) < 4.78 is 34.1. The summed E-state index contributed by atoms with van der Waals surface area (Å²) >= 11 is 0. The fraction of sp³-hybridized carbons (Fsp3) is 0.231. The van der Waals surface area contributed by atoms with E-state index in [9.17, 15) is 13.2 Å². The molecule has 1 aliphatic heterocycles. The number of anilines is 1. The Morgan fingerprint density at radius 3 is 2.38 bits per heavy atom. The van der Waals surface area contributed by atoms with E-state index >= 15 is 0 Å². The first-order valence-electron chi connectivity index (χ1n) is 11.0. The number of benzene rings is 3. The molecule has 3 aromatic rings. The van der Waals surface area contributed by atoms with Crippen LogP contribution in [0.15, 0.2) is 83.8 Å². The van der Waals surface area contributed by atoms with E-state index in [1.807, 2.05) is 30.3 Å². The van der Waals surface area contributed by atoms with Gasteiger partial charge in [0.1, 0.15) is 12.4 Å². The summed E-state index contributed by atoms with van der Waals surface area (Å²) in [4.78, 5) is 14.5. The van der Waals surface area contributed by atoms with Crippen molar-refractivity contribution in [3.8, 4) is 11.8 Å². The van der Waals surface area contributed by atoms with Crippen LogP contribution in [0.3, 0.4) is 0 Å². The lowest BCUT2D eigenvalue weighted by atomic mass is 9.98. The van der Waals surface area contributed by atoms with Gasteiger partial charge in [0.2, 0.25) is 0 Å². The highest BCUT2D eigenvalue weighted by molar-refractivity contribution is 7.92. The van der Waals surface area contributed by atoms with Crippen LogP contribution in [0.5, 0.6) is 5.75 Å². The van der Waals surface area contributed by atoms with E-state index < -0.39 is 10.0 Å². The second-order valence-corrected chi connectivity index (χ2v) is 9.81. The molecule has 1 heterocycles. The molecule has 3 aromatic carbocycles. The van der Waals surface area contributed by atoms with Crippen LogP contribution in [0.4, 0.5) is 5.69 Å². The van der Waals surface area contributed by atoms with Crippen molar-refractivity contribution < 1.29 is 17.9 Å². The standard InChI is InChI=1S/C26H25N3O4S/c27-18-20-13-15-29(16-14-20)26(30)22-7-4-8-25(17-22)34(31,32)28-23-9-11-24(12-10-23)33-19-21-5-2-1-3-6-21/h1-12,17,20,28H,13-16,19H2. The summed E-state index contributed by atoms with van der Waals surface area (Å²) in [6, 6.07) is 24.7. The summed E-state index contributed by atoms with van der Waals surface area (Å²) in [6.07, 6.45) is 1.26. The number of piperidine rings is 1. The highest BCUT2D eigenvalue weighted by Crippen LogP contribution is 2.23. The first kappa shape index (κ1) is 23.3. The van der Waals surface area contributed by atoms with Crippen molar-refractivity contribution >= 4 is 21.6 Å². The Bertz CT molecular complexity index is 1280. The van der Waals surface area contributed by atoms with Gasteiger partial charge in [0.05, 0.1) is 11.0 Å². The fourth-order valence-electron chi connectivity index (χ4n) is 3.76. The van der Waals surface area contributed by atoms with Gasteiger partial charge in [0, 0.05) is 30.3 Å². The Hall–Kier alpha value is -3.83. The van der Waals surface area contributed by atoms with Crippen LogP contribution in [0.25, 0.3) is 0 Å². The van der Waals surface area contributed by atoms with E-state index in [4.69, 9.17) is 10.00 Å². The molecule has 1 N–H and O–H groups in total. The summed E-state index contributed by atoms with van der Waals surface area (Å²) in [6.45, 7) is 1.40. The smallest absolute Gasteiger partial charge is 0.261 e. The summed E-state index contributed by atoms with van der Waals surface area (Å²) in [5, 5.41) is 9.04. The number of amides is 1. The second-order valence-electron chi connectivity index (χ2n) is 8.13. The van der Waals surface area contributed by atoms with E-state index in [0.29, 0.717) is 49.5 Å². The molecule has 4 rings (SSSR count). The van der Waals surface area contributed by atoms with Gasteiger partial charge in [0.25, 0.3) is 15.9 Å². The third-order valence-corrected chi connectivity index (χ3v) is 7.09. The SMILES string of the molecule is N#CC1CCN(C(=O)c2cccc(S(=O)(=O)Nc3ccc(OCc4ccccc4)cc3)c2)CC1. The number of rotatable bonds is 7. The van der Waals surface area contributed by atoms with Crippen LogP contribution >= 0.6 is 0 Å². The zero-order valence-electron chi connectivity index (χ0n) is 18.6. The molecular formula is C26H25N3O4S. The summed E-state index contributed by atoms with van der Waals surface area (Å²) in [5.74, 6) is 0.364. The van der Waals surface area contributed by atoms with Crippen molar-refractivity contribution in [2.75, 3.05) is 17.8 Å². The zero-order chi connectivity index (χ0) is 24.0. The molecule has 0 spiro atoms. The second kappa shape index (κ2) is 10.4. The third kappa shape index (κ3) is 5.74. The lowest BCUT2D eigenvalue weighted by Gasteiger charge is -2.29. The lowest BCUT2D eigenvalue weighted by Crippen LogP contribution is -2.38. The van der Waals surface area contributed by atoms with E-state index in [0.717, 1.165) is 5.56 Å². The molecule has 0 aromatic heterocycles. The molecule has 0 bridgehead atoms. The number of hydrogen-bond donors (Lipinski definition) is 1. The van der Waals surface area contributed by atoms with E-state index in [2.05, 4.69) is 10.8 Å².